The van der Waals surface area contributed by atoms with Crippen molar-refractivity contribution in [1.82, 2.24) is 4.98 Å². The molecule has 43 heavy (non-hydrogen) atoms. The first kappa shape index (κ1) is 30.2. The number of benzene rings is 4. The third-order valence-corrected chi connectivity index (χ3v) is 8.07. The molecule has 0 aliphatic rings. The molecule has 0 bridgehead atoms. The van der Waals surface area contributed by atoms with Gasteiger partial charge in [-0.1, -0.05) is 42.5 Å². The van der Waals surface area contributed by atoms with E-state index in [4.69, 9.17) is 19.2 Å². The van der Waals surface area contributed by atoms with Crippen LogP contribution < -0.4 is 9.47 Å². The topological polar surface area (TPSA) is 77.9 Å². The number of carbonyl (C=O) groups is 1. The molecule has 222 valence electrons. The van der Waals surface area contributed by atoms with Crippen LogP contribution in [0, 0.1) is 12.7 Å². The number of nitrogens with zero attached hydrogens (tertiary/aromatic N) is 1. The van der Waals surface area contributed by atoms with Gasteiger partial charge >= 0.3 is 5.97 Å². The molecule has 0 amide bonds. The highest BCUT2D eigenvalue weighted by molar-refractivity contribution is 7.22. The number of ether oxygens (including phenoxy) is 3. The molecule has 4 aromatic carbocycles. The SMILES string of the molecule is CCOc1cc(-c2c(C(OC(C)(C)C)C(=O)O)c(C)cc3nc(-c4cccc(-c5ccccc5F)c4)sc23)ccc1OC. The molecule has 5 rings (SSSR count). The Bertz CT molecular complexity index is 1810. The molecule has 1 aromatic heterocycles. The first-order chi connectivity index (χ1) is 20.5. The molecular weight excluding hydrogens is 565 g/mol. The lowest BCUT2D eigenvalue weighted by Gasteiger charge is -2.28. The van der Waals surface area contributed by atoms with Crippen LogP contribution in [0.15, 0.2) is 72.8 Å². The number of aliphatic carboxylic acids is 1. The average molecular weight is 600 g/mol. The Balaban J connectivity index is 1.77. The summed E-state index contributed by atoms with van der Waals surface area (Å²) >= 11 is 1.45. The van der Waals surface area contributed by atoms with E-state index in [1.165, 1.54) is 17.4 Å². The van der Waals surface area contributed by atoms with Crippen molar-refractivity contribution < 1.29 is 28.5 Å². The molecule has 0 aliphatic heterocycles. The van der Waals surface area contributed by atoms with Gasteiger partial charge in [0, 0.05) is 22.3 Å². The van der Waals surface area contributed by atoms with Crippen LogP contribution in [0.1, 0.15) is 44.9 Å². The first-order valence-corrected chi connectivity index (χ1v) is 14.8. The Hall–Kier alpha value is -4.27. The van der Waals surface area contributed by atoms with Crippen LogP contribution in [0.2, 0.25) is 0 Å². The molecule has 5 aromatic rings. The van der Waals surface area contributed by atoms with Gasteiger partial charge in [0.15, 0.2) is 17.6 Å². The smallest absolute Gasteiger partial charge is 0.337 e. The van der Waals surface area contributed by atoms with Crippen LogP contribution in [0.4, 0.5) is 4.39 Å². The largest absolute Gasteiger partial charge is 0.493 e. The zero-order valence-electron chi connectivity index (χ0n) is 25.0. The second kappa shape index (κ2) is 12.1. The van der Waals surface area contributed by atoms with Gasteiger partial charge in [-0.2, -0.15) is 0 Å². The van der Waals surface area contributed by atoms with Gasteiger partial charge in [0.1, 0.15) is 10.8 Å². The van der Waals surface area contributed by atoms with E-state index in [9.17, 15) is 14.3 Å². The monoisotopic (exact) mass is 599 g/mol. The third-order valence-electron chi connectivity index (χ3n) is 6.93. The lowest BCUT2D eigenvalue weighted by atomic mass is 9.91. The Labute approximate surface area is 254 Å². The quantitative estimate of drug-likeness (QED) is 0.182. The Kier molecular flexibility index (Phi) is 8.53. The molecule has 0 fully saturated rings. The average Bonchev–Trinajstić information content (AvgIpc) is 3.39. The highest BCUT2D eigenvalue weighted by Gasteiger charge is 2.32. The Morgan fingerprint density at radius 1 is 0.977 bits per heavy atom. The van der Waals surface area contributed by atoms with Crippen molar-refractivity contribution in [2.24, 2.45) is 0 Å². The second-order valence-electron chi connectivity index (χ2n) is 11.2. The number of aromatic nitrogens is 1. The lowest BCUT2D eigenvalue weighted by molar-refractivity contribution is -0.160. The van der Waals surface area contributed by atoms with Crippen molar-refractivity contribution in [3.05, 3.63) is 89.7 Å². The highest BCUT2D eigenvalue weighted by Crippen LogP contribution is 2.46. The van der Waals surface area contributed by atoms with E-state index in [-0.39, 0.29) is 5.82 Å². The van der Waals surface area contributed by atoms with Crippen molar-refractivity contribution in [1.29, 1.82) is 0 Å². The summed E-state index contributed by atoms with van der Waals surface area (Å²) in [6.45, 7) is 9.72. The number of rotatable bonds is 9. The van der Waals surface area contributed by atoms with Crippen molar-refractivity contribution in [3.63, 3.8) is 0 Å². The van der Waals surface area contributed by atoms with Crippen LogP contribution in [0.3, 0.4) is 0 Å². The minimum absolute atomic E-state index is 0.297. The first-order valence-electron chi connectivity index (χ1n) is 14.0. The number of carboxylic acid groups (broad SMARTS) is 1. The van der Waals surface area contributed by atoms with E-state index >= 15 is 0 Å². The third kappa shape index (κ3) is 6.26. The molecule has 0 radical (unpaired) electrons. The van der Waals surface area contributed by atoms with E-state index in [1.54, 1.807) is 19.2 Å². The van der Waals surface area contributed by atoms with Gasteiger partial charge in [-0.05, 0) is 81.6 Å². The summed E-state index contributed by atoms with van der Waals surface area (Å²) in [5, 5.41) is 11.1. The fourth-order valence-electron chi connectivity index (χ4n) is 5.16. The molecule has 0 saturated heterocycles. The number of carboxylic acids is 1. The van der Waals surface area contributed by atoms with Gasteiger partial charge in [-0.3, -0.25) is 0 Å². The standard InChI is InChI=1S/C35H34FNO5S/c1-7-41-28-19-22(15-16-27(28)40-6)30-29(31(34(38)39)42-35(3,4)5)20(2)17-26-32(30)43-33(37-26)23-12-10-11-21(18-23)24-13-8-9-14-25(24)36/h8-19,31H,7H2,1-6H3,(H,38,39). The maximum atomic E-state index is 14.6. The van der Waals surface area contributed by atoms with E-state index in [0.29, 0.717) is 34.8 Å². The summed E-state index contributed by atoms with van der Waals surface area (Å²) < 4.78 is 33.0. The minimum Gasteiger partial charge on any atom is -0.493 e. The fraction of sp³-hybridized carbons (Fsp3) is 0.257. The van der Waals surface area contributed by atoms with Crippen LogP contribution in [0.5, 0.6) is 11.5 Å². The van der Waals surface area contributed by atoms with Gasteiger partial charge in [0.25, 0.3) is 0 Å². The highest BCUT2D eigenvalue weighted by atomic mass is 32.1. The molecule has 0 aliphatic carbocycles. The van der Waals surface area contributed by atoms with Gasteiger partial charge < -0.3 is 19.3 Å². The zero-order valence-corrected chi connectivity index (χ0v) is 25.8. The lowest BCUT2D eigenvalue weighted by Crippen LogP contribution is -2.28. The number of aryl methyl sites for hydroxylation is 1. The van der Waals surface area contributed by atoms with Crippen LogP contribution >= 0.6 is 11.3 Å². The normalized spacial score (nSPS) is 12.3. The molecule has 1 N–H and O–H groups in total. The van der Waals surface area contributed by atoms with Crippen LogP contribution in [-0.2, 0) is 9.53 Å². The van der Waals surface area contributed by atoms with Crippen molar-refractivity contribution in [2.75, 3.05) is 13.7 Å². The maximum absolute atomic E-state index is 14.6. The molecule has 0 spiro atoms. The van der Waals surface area contributed by atoms with Crippen LogP contribution in [0.25, 0.3) is 43.0 Å². The molecule has 0 saturated carbocycles. The molecule has 1 atom stereocenters. The van der Waals surface area contributed by atoms with Gasteiger partial charge in [0.2, 0.25) is 0 Å². The van der Waals surface area contributed by atoms with Gasteiger partial charge in [-0.15, -0.1) is 11.3 Å². The summed E-state index contributed by atoms with van der Waals surface area (Å²) in [5.74, 6) is -0.255. The summed E-state index contributed by atoms with van der Waals surface area (Å²) in [6, 6.07) is 21.8. The minimum atomic E-state index is -1.23. The number of hydrogen-bond acceptors (Lipinski definition) is 6. The summed E-state index contributed by atoms with van der Waals surface area (Å²) in [5.41, 5.74) is 4.85. The molecular formula is C35H34FNO5S. The van der Waals surface area contributed by atoms with Crippen molar-refractivity contribution in [2.45, 2.75) is 46.3 Å². The summed E-state index contributed by atoms with van der Waals surface area (Å²) in [7, 11) is 1.58. The number of thiazole rings is 1. The predicted octanol–water partition coefficient (Wildman–Crippen LogP) is 9.09. The second-order valence-corrected chi connectivity index (χ2v) is 12.2. The Morgan fingerprint density at radius 2 is 1.72 bits per heavy atom. The van der Waals surface area contributed by atoms with E-state index in [2.05, 4.69) is 0 Å². The molecule has 1 heterocycles. The molecule has 8 heteroatoms. The van der Waals surface area contributed by atoms with Gasteiger partial charge in [-0.25, -0.2) is 14.2 Å². The number of methoxy groups -OCH3 is 1. The summed E-state index contributed by atoms with van der Waals surface area (Å²) in [6.07, 6.45) is -1.23. The predicted molar refractivity (Wildman–Crippen MR) is 170 cm³/mol. The zero-order chi connectivity index (χ0) is 30.9. The summed E-state index contributed by atoms with van der Waals surface area (Å²) in [4.78, 5) is 17.7. The number of fused-ring (bicyclic) bond motifs is 1. The van der Waals surface area contributed by atoms with Crippen LogP contribution in [-0.4, -0.2) is 35.4 Å². The van der Waals surface area contributed by atoms with E-state index < -0.39 is 17.7 Å². The number of halogens is 1. The van der Waals surface area contributed by atoms with E-state index in [0.717, 1.165) is 37.5 Å². The van der Waals surface area contributed by atoms with E-state index in [1.807, 2.05) is 89.2 Å². The fourth-order valence-corrected chi connectivity index (χ4v) is 6.28. The maximum Gasteiger partial charge on any atom is 0.337 e. The number of hydrogen-bond donors (Lipinski definition) is 1. The molecule has 1 unspecified atom stereocenters. The van der Waals surface area contributed by atoms with Crippen molar-refractivity contribution in [3.8, 4) is 44.3 Å². The Morgan fingerprint density at radius 3 is 2.40 bits per heavy atom. The van der Waals surface area contributed by atoms with Gasteiger partial charge in [0.05, 0.1) is 29.5 Å². The van der Waals surface area contributed by atoms with Crippen molar-refractivity contribution >= 4 is 27.5 Å². The molecule has 6 nitrogen and oxygen atoms in total.